The standard InChI is InChI=1S/C13H20FNO2/c1-9(2)12(8-17-3)15-7-10-6-11(14)4-5-13(10)16/h4-6,9,12,15-16H,7-8H2,1-3H3. The van der Waals surface area contributed by atoms with Crippen molar-refractivity contribution in [1.82, 2.24) is 5.32 Å². The zero-order valence-electron chi connectivity index (χ0n) is 10.5. The molecule has 0 aliphatic rings. The first-order valence-electron chi connectivity index (χ1n) is 5.74. The molecule has 4 heteroatoms. The lowest BCUT2D eigenvalue weighted by atomic mass is 10.0. The normalized spacial score (nSPS) is 13.0. The predicted molar refractivity (Wildman–Crippen MR) is 65.4 cm³/mol. The number of phenolic OH excluding ortho intramolecular Hbond substituents is 1. The molecule has 0 saturated carbocycles. The summed E-state index contributed by atoms with van der Waals surface area (Å²) in [6, 6.07) is 4.13. The molecule has 0 aliphatic carbocycles. The van der Waals surface area contributed by atoms with Gasteiger partial charge in [0.25, 0.3) is 0 Å². The van der Waals surface area contributed by atoms with Crippen molar-refractivity contribution in [2.24, 2.45) is 5.92 Å². The average Bonchev–Trinajstić information content (AvgIpc) is 2.28. The average molecular weight is 241 g/mol. The van der Waals surface area contributed by atoms with Gasteiger partial charge in [0.1, 0.15) is 11.6 Å². The molecule has 96 valence electrons. The lowest BCUT2D eigenvalue weighted by Crippen LogP contribution is -2.37. The minimum absolute atomic E-state index is 0.110. The molecule has 0 bridgehead atoms. The molecule has 3 nitrogen and oxygen atoms in total. The minimum atomic E-state index is -0.340. The lowest BCUT2D eigenvalue weighted by molar-refractivity contribution is 0.146. The fraction of sp³-hybridized carbons (Fsp3) is 0.538. The first kappa shape index (κ1) is 13.9. The maximum Gasteiger partial charge on any atom is 0.123 e. The fourth-order valence-corrected chi connectivity index (χ4v) is 1.60. The van der Waals surface area contributed by atoms with E-state index in [1.165, 1.54) is 18.2 Å². The highest BCUT2D eigenvalue weighted by molar-refractivity contribution is 5.32. The molecule has 1 atom stereocenters. The number of phenols is 1. The van der Waals surface area contributed by atoms with Crippen LogP contribution in [0.2, 0.25) is 0 Å². The monoisotopic (exact) mass is 241 g/mol. The topological polar surface area (TPSA) is 41.5 Å². The highest BCUT2D eigenvalue weighted by Gasteiger charge is 2.13. The van der Waals surface area contributed by atoms with Crippen LogP contribution in [0.25, 0.3) is 0 Å². The zero-order chi connectivity index (χ0) is 12.8. The van der Waals surface area contributed by atoms with Crippen molar-refractivity contribution in [3.05, 3.63) is 29.6 Å². The number of benzene rings is 1. The summed E-state index contributed by atoms with van der Waals surface area (Å²) < 4.78 is 18.1. The second kappa shape index (κ2) is 6.57. The van der Waals surface area contributed by atoms with E-state index >= 15 is 0 Å². The summed E-state index contributed by atoms with van der Waals surface area (Å²) in [7, 11) is 1.65. The van der Waals surface area contributed by atoms with E-state index in [1.807, 2.05) is 0 Å². The van der Waals surface area contributed by atoms with Gasteiger partial charge in [0.05, 0.1) is 6.61 Å². The van der Waals surface area contributed by atoms with Gasteiger partial charge in [-0.1, -0.05) is 13.8 Å². The maximum absolute atomic E-state index is 13.0. The van der Waals surface area contributed by atoms with Crippen LogP contribution in [0.15, 0.2) is 18.2 Å². The van der Waals surface area contributed by atoms with Crippen LogP contribution >= 0.6 is 0 Å². The van der Waals surface area contributed by atoms with Gasteiger partial charge in [0.15, 0.2) is 0 Å². The maximum atomic E-state index is 13.0. The third-order valence-corrected chi connectivity index (χ3v) is 2.75. The van der Waals surface area contributed by atoms with E-state index in [1.54, 1.807) is 7.11 Å². The Morgan fingerprint density at radius 3 is 2.71 bits per heavy atom. The molecule has 2 N–H and O–H groups in total. The Balaban J connectivity index is 2.61. The highest BCUT2D eigenvalue weighted by Crippen LogP contribution is 2.18. The van der Waals surface area contributed by atoms with Crippen LogP contribution in [0.5, 0.6) is 5.75 Å². The minimum Gasteiger partial charge on any atom is -0.508 e. The molecule has 17 heavy (non-hydrogen) atoms. The van der Waals surface area contributed by atoms with Crippen LogP contribution in [-0.2, 0) is 11.3 Å². The molecule has 0 saturated heterocycles. The number of nitrogens with one attached hydrogen (secondary N) is 1. The molecule has 0 spiro atoms. The van der Waals surface area contributed by atoms with E-state index in [2.05, 4.69) is 19.2 Å². The molecule has 0 amide bonds. The van der Waals surface area contributed by atoms with Gasteiger partial charge in [-0.05, 0) is 24.1 Å². The quantitative estimate of drug-likeness (QED) is 0.803. The van der Waals surface area contributed by atoms with Gasteiger partial charge in [0, 0.05) is 25.3 Å². The molecule has 0 heterocycles. The molecule has 0 fully saturated rings. The van der Waals surface area contributed by atoms with Crippen molar-refractivity contribution >= 4 is 0 Å². The molecule has 1 aromatic rings. The van der Waals surface area contributed by atoms with Crippen LogP contribution in [0.4, 0.5) is 4.39 Å². The van der Waals surface area contributed by atoms with Crippen molar-refractivity contribution in [2.45, 2.75) is 26.4 Å². The molecular formula is C13H20FNO2. The largest absolute Gasteiger partial charge is 0.508 e. The molecular weight excluding hydrogens is 221 g/mol. The smallest absolute Gasteiger partial charge is 0.123 e. The summed E-state index contributed by atoms with van der Waals surface area (Å²) >= 11 is 0. The number of rotatable bonds is 6. The fourth-order valence-electron chi connectivity index (χ4n) is 1.60. The van der Waals surface area contributed by atoms with E-state index in [0.717, 1.165) is 0 Å². The van der Waals surface area contributed by atoms with Crippen LogP contribution in [0.3, 0.4) is 0 Å². The van der Waals surface area contributed by atoms with Gasteiger partial charge in [-0.3, -0.25) is 0 Å². The van der Waals surface area contributed by atoms with Crippen LogP contribution in [0, 0.1) is 11.7 Å². The van der Waals surface area contributed by atoms with Gasteiger partial charge >= 0.3 is 0 Å². The molecule has 0 radical (unpaired) electrons. The van der Waals surface area contributed by atoms with Crippen LogP contribution in [0.1, 0.15) is 19.4 Å². The number of aromatic hydroxyl groups is 1. The summed E-state index contributed by atoms with van der Waals surface area (Å²) in [5.41, 5.74) is 0.562. The Bertz CT molecular complexity index is 355. The summed E-state index contributed by atoms with van der Waals surface area (Å²) in [6.07, 6.45) is 0. The highest BCUT2D eigenvalue weighted by atomic mass is 19.1. The number of hydrogen-bond acceptors (Lipinski definition) is 3. The third-order valence-electron chi connectivity index (χ3n) is 2.75. The molecule has 1 unspecified atom stereocenters. The van der Waals surface area contributed by atoms with E-state index in [0.29, 0.717) is 24.6 Å². The van der Waals surface area contributed by atoms with Crippen LogP contribution in [-0.4, -0.2) is 24.9 Å². The molecule has 0 aliphatic heterocycles. The Hall–Kier alpha value is -1.13. The second-order valence-corrected chi connectivity index (χ2v) is 4.46. The first-order valence-corrected chi connectivity index (χ1v) is 5.74. The molecule has 0 aromatic heterocycles. The van der Waals surface area contributed by atoms with Gasteiger partial charge in [-0.15, -0.1) is 0 Å². The number of hydrogen-bond donors (Lipinski definition) is 2. The second-order valence-electron chi connectivity index (χ2n) is 4.46. The van der Waals surface area contributed by atoms with E-state index in [-0.39, 0.29) is 17.6 Å². The molecule has 1 aromatic carbocycles. The van der Waals surface area contributed by atoms with Gasteiger partial charge in [-0.2, -0.15) is 0 Å². The summed E-state index contributed by atoms with van der Waals surface area (Å²) in [4.78, 5) is 0. The Labute approximate surface area is 102 Å². The number of halogens is 1. The van der Waals surface area contributed by atoms with Crippen molar-refractivity contribution in [3.63, 3.8) is 0 Å². The van der Waals surface area contributed by atoms with Crippen molar-refractivity contribution in [1.29, 1.82) is 0 Å². The third kappa shape index (κ3) is 4.32. The first-order chi connectivity index (χ1) is 8.04. The summed E-state index contributed by atoms with van der Waals surface area (Å²) in [5.74, 6) is 0.178. The van der Waals surface area contributed by atoms with E-state index in [4.69, 9.17) is 4.74 Å². The lowest BCUT2D eigenvalue weighted by Gasteiger charge is -2.21. The summed E-state index contributed by atoms with van der Waals surface area (Å²) in [6.45, 7) is 5.19. The van der Waals surface area contributed by atoms with Crippen LogP contribution < -0.4 is 5.32 Å². The Morgan fingerprint density at radius 2 is 2.12 bits per heavy atom. The van der Waals surface area contributed by atoms with E-state index in [9.17, 15) is 9.50 Å². The zero-order valence-corrected chi connectivity index (χ0v) is 10.5. The molecule has 1 rings (SSSR count). The Kier molecular flexibility index (Phi) is 5.38. The number of methoxy groups -OCH3 is 1. The SMILES string of the molecule is COCC(NCc1cc(F)ccc1O)C(C)C. The van der Waals surface area contributed by atoms with Gasteiger partial charge < -0.3 is 15.2 Å². The van der Waals surface area contributed by atoms with Crippen molar-refractivity contribution < 1.29 is 14.2 Å². The van der Waals surface area contributed by atoms with E-state index < -0.39 is 0 Å². The Morgan fingerprint density at radius 1 is 1.41 bits per heavy atom. The van der Waals surface area contributed by atoms with Crippen molar-refractivity contribution in [3.8, 4) is 5.75 Å². The predicted octanol–water partition coefficient (Wildman–Crippen LogP) is 2.29. The van der Waals surface area contributed by atoms with Gasteiger partial charge in [-0.25, -0.2) is 4.39 Å². The summed E-state index contributed by atoms with van der Waals surface area (Å²) in [5, 5.41) is 12.8. The number of ether oxygens (including phenoxy) is 1. The van der Waals surface area contributed by atoms with Gasteiger partial charge in [0.2, 0.25) is 0 Å². The van der Waals surface area contributed by atoms with Crippen molar-refractivity contribution in [2.75, 3.05) is 13.7 Å².